The zero-order valence-corrected chi connectivity index (χ0v) is 28.4. The van der Waals surface area contributed by atoms with E-state index in [1.54, 1.807) is 4.90 Å². The molecule has 6 heteroatoms. The molecule has 240 valence electrons. The van der Waals surface area contributed by atoms with Crippen molar-refractivity contribution in [2.75, 3.05) is 11.5 Å². The van der Waals surface area contributed by atoms with Gasteiger partial charge in [-0.25, -0.2) is 9.69 Å². The Balaban J connectivity index is 1.28. The number of aliphatic hydroxyl groups is 1. The van der Waals surface area contributed by atoms with Gasteiger partial charge in [-0.2, -0.15) is 0 Å². The highest BCUT2D eigenvalue weighted by molar-refractivity contribution is 7.00. The minimum atomic E-state index is -2.84. The zero-order valence-electron chi connectivity index (χ0n) is 27.4. The molecule has 1 aliphatic carbocycles. The van der Waals surface area contributed by atoms with Gasteiger partial charge in [0.25, 0.3) is 0 Å². The van der Waals surface area contributed by atoms with Crippen LogP contribution in [0.3, 0.4) is 0 Å². The number of carbonyl (C=O) groups excluding carboxylic acids is 1. The molecule has 0 radical (unpaired) electrons. The number of ether oxygens (including phenoxy) is 1. The van der Waals surface area contributed by atoms with Crippen molar-refractivity contribution in [1.29, 1.82) is 0 Å². The van der Waals surface area contributed by atoms with Crippen LogP contribution in [0.25, 0.3) is 0 Å². The lowest BCUT2D eigenvalue weighted by atomic mass is 9.79. The quantitative estimate of drug-likeness (QED) is 0.164. The second-order valence-corrected chi connectivity index (χ2v) is 17.4. The number of anilines is 2. The molecule has 0 spiro atoms. The van der Waals surface area contributed by atoms with Gasteiger partial charge in [0.05, 0.1) is 24.1 Å². The predicted octanol–water partition coefficient (Wildman–Crippen LogP) is 8.38. The number of nitrogens with zero attached hydrogens (tertiary/aromatic N) is 1. The van der Waals surface area contributed by atoms with E-state index in [1.807, 2.05) is 66.7 Å². The first-order valence-electron chi connectivity index (χ1n) is 16.5. The van der Waals surface area contributed by atoms with Crippen LogP contribution in [-0.4, -0.2) is 32.2 Å². The number of aliphatic hydroxyl groups excluding tert-OH is 1. The van der Waals surface area contributed by atoms with Crippen LogP contribution in [0.2, 0.25) is 5.04 Å². The second-order valence-electron chi connectivity index (χ2n) is 13.2. The Bertz CT molecular complexity index is 1680. The molecule has 1 aliphatic rings. The molecule has 5 nitrogen and oxygen atoms in total. The molecule has 6 rings (SSSR count). The third-order valence-electron chi connectivity index (χ3n) is 9.27. The summed E-state index contributed by atoms with van der Waals surface area (Å²) in [5, 5.41) is 13.5. The number of hydrogen-bond acceptors (Lipinski definition) is 4. The molecule has 0 unspecified atom stereocenters. The Morgan fingerprint density at radius 1 is 0.745 bits per heavy atom. The van der Waals surface area contributed by atoms with Gasteiger partial charge in [0, 0.05) is 5.92 Å². The number of amides is 1. The molecule has 5 aromatic rings. The Hall–Kier alpha value is -4.65. The third-order valence-corrected chi connectivity index (χ3v) is 14.2. The maximum atomic E-state index is 13.5. The summed E-state index contributed by atoms with van der Waals surface area (Å²) in [6.45, 7) is 7.02. The van der Waals surface area contributed by atoms with Gasteiger partial charge in [0.2, 0.25) is 0 Å². The fourth-order valence-electron chi connectivity index (χ4n) is 7.01. The smallest absolute Gasteiger partial charge is 0.418 e. The molecule has 47 heavy (non-hydrogen) atoms. The molecule has 0 saturated carbocycles. The van der Waals surface area contributed by atoms with E-state index < -0.39 is 20.5 Å². The molecule has 1 amide bonds. The number of benzene rings is 5. The van der Waals surface area contributed by atoms with Crippen molar-refractivity contribution in [1.82, 2.24) is 0 Å². The normalized spacial score (nSPS) is 16.2. The van der Waals surface area contributed by atoms with E-state index in [0.717, 1.165) is 34.7 Å². The zero-order chi connectivity index (χ0) is 32.9. The van der Waals surface area contributed by atoms with Crippen LogP contribution in [0.1, 0.15) is 50.7 Å². The van der Waals surface area contributed by atoms with Crippen LogP contribution in [0.5, 0.6) is 5.75 Å². The summed E-state index contributed by atoms with van der Waals surface area (Å²) >= 11 is 0. The van der Waals surface area contributed by atoms with Gasteiger partial charge >= 0.3 is 14.4 Å². The van der Waals surface area contributed by atoms with Crippen molar-refractivity contribution in [2.24, 2.45) is 0 Å². The van der Waals surface area contributed by atoms with E-state index in [9.17, 15) is 9.90 Å². The molecule has 0 aromatic heterocycles. The maximum Gasteiger partial charge on any atom is 0.418 e. The first kappa shape index (κ1) is 32.3. The first-order valence-corrected chi connectivity index (χ1v) is 18.4. The highest BCUT2D eigenvalue weighted by Gasteiger charge is 2.52. The standard InChI is InChI=1S/C41H43NO4Si/c1-41(2,3)47(33-21-12-6-13-22-33,34-23-14-7-15-24-34)46-39-26-16-25-35-36(38(43)28-27-37(35)39)29-30-45-40(44)42(31-17-8-4-9-18-31)32-19-10-5-11-20-32/h4-26,36,38,43H,27-30H2,1-3H3/t36-,38-/m1/s1. The lowest BCUT2D eigenvalue weighted by molar-refractivity contribution is 0.101. The van der Waals surface area contributed by atoms with Crippen LogP contribution in [0.15, 0.2) is 140 Å². The molecule has 0 saturated heterocycles. The molecular weight excluding hydrogens is 599 g/mol. The van der Waals surface area contributed by atoms with Gasteiger partial charge in [0.1, 0.15) is 5.75 Å². The van der Waals surface area contributed by atoms with Crippen molar-refractivity contribution >= 4 is 36.2 Å². The van der Waals surface area contributed by atoms with Gasteiger partial charge in [-0.15, -0.1) is 0 Å². The molecule has 2 atom stereocenters. The van der Waals surface area contributed by atoms with E-state index in [-0.39, 0.29) is 17.6 Å². The largest absolute Gasteiger partial charge is 0.534 e. The van der Waals surface area contributed by atoms with Gasteiger partial charge in [-0.3, -0.25) is 0 Å². The predicted molar refractivity (Wildman–Crippen MR) is 193 cm³/mol. The van der Waals surface area contributed by atoms with Crippen molar-refractivity contribution in [3.05, 3.63) is 151 Å². The Morgan fingerprint density at radius 2 is 1.26 bits per heavy atom. The number of hydrogen-bond donors (Lipinski definition) is 1. The van der Waals surface area contributed by atoms with Crippen molar-refractivity contribution in [2.45, 2.75) is 57.1 Å². The number of carbonyl (C=O) groups is 1. The topological polar surface area (TPSA) is 59.0 Å². The van der Waals surface area contributed by atoms with Crippen LogP contribution >= 0.6 is 0 Å². The Labute approximate surface area is 279 Å². The van der Waals surface area contributed by atoms with Gasteiger partial charge < -0.3 is 14.3 Å². The second kappa shape index (κ2) is 14.0. The fraction of sp³-hybridized carbons (Fsp3) is 0.244. The van der Waals surface area contributed by atoms with E-state index in [1.165, 1.54) is 10.4 Å². The van der Waals surface area contributed by atoms with E-state index in [0.29, 0.717) is 12.8 Å². The highest BCUT2D eigenvalue weighted by atomic mass is 28.4. The van der Waals surface area contributed by atoms with Crippen molar-refractivity contribution < 1.29 is 19.1 Å². The van der Waals surface area contributed by atoms with E-state index in [2.05, 4.69) is 93.6 Å². The minimum absolute atomic E-state index is 0.177. The summed E-state index contributed by atoms with van der Waals surface area (Å²) in [7, 11) is -2.84. The Morgan fingerprint density at radius 3 is 1.77 bits per heavy atom. The maximum absolute atomic E-state index is 13.5. The van der Waals surface area contributed by atoms with E-state index in [4.69, 9.17) is 9.16 Å². The fourth-order valence-corrected chi connectivity index (χ4v) is 11.5. The molecule has 1 N–H and O–H groups in total. The van der Waals surface area contributed by atoms with Gasteiger partial charge in [0.15, 0.2) is 0 Å². The lowest BCUT2D eigenvalue weighted by Gasteiger charge is -2.44. The average molecular weight is 642 g/mol. The molecule has 0 fully saturated rings. The first-order chi connectivity index (χ1) is 22.8. The summed E-state index contributed by atoms with van der Waals surface area (Å²) in [5.41, 5.74) is 3.67. The molecule has 5 aromatic carbocycles. The van der Waals surface area contributed by atoms with Crippen LogP contribution < -0.4 is 19.7 Å². The van der Waals surface area contributed by atoms with Crippen LogP contribution in [0, 0.1) is 0 Å². The third kappa shape index (κ3) is 6.62. The number of fused-ring (bicyclic) bond motifs is 1. The summed E-state index contributed by atoms with van der Waals surface area (Å²) < 4.78 is 13.4. The van der Waals surface area contributed by atoms with Crippen molar-refractivity contribution in [3.63, 3.8) is 0 Å². The Kier molecular flexibility index (Phi) is 9.62. The number of para-hydroxylation sites is 2. The molecule has 0 aliphatic heterocycles. The SMILES string of the molecule is CC(C)(C)[Si](Oc1cccc2c1CC[C@@H](O)[C@@H]2CCOC(=O)N(c1ccccc1)c1ccccc1)(c1ccccc1)c1ccccc1. The van der Waals surface area contributed by atoms with E-state index >= 15 is 0 Å². The minimum Gasteiger partial charge on any atom is -0.534 e. The average Bonchev–Trinajstić information content (AvgIpc) is 3.09. The highest BCUT2D eigenvalue weighted by Crippen LogP contribution is 2.43. The molecular formula is C41H43NO4Si. The summed E-state index contributed by atoms with van der Waals surface area (Å²) in [4.78, 5) is 15.1. The lowest BCUT2D eigenvalue weighted by Crippen LogP contribution is -2.69. The monoisotopic (exact) mass is 641 g/mol. The molecule has 0 bridgehead atoms. The van der Waals surface area contributed by atoms with Crippen LogP contribution in [-0.2, 0) is 11.2 Å². The summed E-state index contributed by atoms with van der Waals surface area (Å²) in [6, 6.07) is 46.6. The van der Waals surface area contributed by atoms with Gasteiger partial charge in [-0.05, 0) is 76.1 Å². The van der Waals surface area contributed by atoms with Crippen LogP contribution in [0.4, 0.5) is 16.2 Å². The number of rotatable bonds is 9. The van der Waals surface area contributed by atoms with Crippen molar-refractivity contribution in [3.8, 4) is 5.75 Å². The molecule has 0 heterocycles. The van der Waals surface area contributed by atoms with Gasteiger partial charge in [-0.1, -0.05) is 130 Å². The summed E-state index contributed by atoms with van der Waals surface area (Å²) in [5.74, 6) is 0.696. The summed E-state index contributed by atoms with van der Waals surface area (Å²) in [6.07, 6.45) is 0.851.